The summed E-state index contributed by atoms with van der Waals surface area (Å²) in [5.41, 5.74) is 4.75. The van der Waals surface area contributed by atoms with Crippen LogP contribution in [0.3, 0.4) is 0 Å². The van der Waals surface area contributed by atoms with E-state index in [9.17, 15) is 4.79 Å². The summed E-state index contributed by atoms with van der Waals surface area (Å²) in [5, 5.41) is 0. The summed E-state index contributed by atoms with van der Waals surface area (Å²) in [7, 11) is 0. The number of nitrogens with zero attached hydrogens (tertiary/aromatic N) is 3. The number of aromatic nitrogens is 2. The number of rotatable bonds is 2. The normalized spacial score (nSPS) is 15.7. The molecule has 2 aromatic heterocycles. The summed E-state index contributed by atoms with van der Waals surface area (Å²) in [6, 6.07) is 14.1. The van der Waals surface area contributed by atoms with Gasteiger partial charge in [0.2, 0.25) is 0 Å². The average Bonchev–Trinajstić information content (AvgIpc) is 2.97. The second kappa shape index (κ2) is 6.36. The van der Waals surface area contributed by atoms with Gasteiger partial charge in [-0.1, -0.05) is 37.3 Å². The predicted molar refractivity (Wildman–Crippen MR) is 99.7 cm³/mol. The van der Waals surface area contributed by atoms with Crippen molar-refractivity contribution in [3.8, 4) is 11.3 Å². The zero-order valence-electron chi connectivity index (χ0n) is 14.8. The number of carbonyl (C=O) groups is 1. The van der Waals surface area contributed by atoms with Gasteiger partial charge in [0.25, 0.3) is 5.91 Å². The maximum Gasteiger partial charge on any atom is 0.255 e. The lowest BCUT2D eigenvalue weighted by molar-refractivity contribution is 0.0696. The van der Waals surface area contributed by atoms with Crippen molar-refractivity contribution in [2.24, 2.45) is 5.92 Å². The highest BCUT2D eigenvalue weighted by Gasteiger charge is 2.22. The molecule has 128 valence electrons. The Kier molecular flexibility index (Phi) is 4.04. The molecular formula is C21H23N3O. The highest BCUT2D eigenvalue weighted by molar-refractivity contribution is 5.94. The van der Waals surface area contributed by atoms with Crippen molar-refractivity contribution in [2.45, 2.75) is 26.7 Å². The van der Waals surface area contributed by atoms with E-state index in [1.807, 2.05) is 52.8 Å². The van der Waals surface area contributed by atoms with Gasteiger partial charge in [-0.05, 0) is 37.8 Å². The Balaban J connectivity index is 1.73. The van der Waals surface area contributed by atoms with Crippen molar-refractivity contribution in [3.05, 3.63) is 59.9 Å². The first kappa shape index (κ1) is 15.9. The van der Waals surface area contributed by atoms with Crippen LogP contribution in [-0.2, 0) is 0 Å². The third-order valence-corrected chi connectivity index (χ3v) is 5.16. The standard InChI is InChI=1S/C21H23N3O/c1-15-10-12-23(13-11-15)21(25)18-8-9-19-22-16(2)20(24(19)14-18)17-6-4-3-5-7-17/h3-9,14-15H,10-13H2,1-2H3. The molecule has 1 aliphatic rings. The van der Waals surface area contributed by atoms with E-state index in [1.54, 1.807) is 0 Å². The number of hydrogen-bond donors (Lipinski definition) is 0. The van der Waals surface area contributed by atoms with Crippen LogP contribution in [0.2, 0.25) is 0 Å². The molecule has 4 rings (SSSR count). The van der Waals surface area contributed by atoms with Crippen LogP contribution < -0.4 is 0 Å². The van der Waals surface area contributed by atoms with Crippen molar-refractivity contribution in [1.29, 1.82) is 0 Å². The highest BCUT2D eigenvalue weighted by Crippen LogP contribution is 2.26. The monoisotopic (exact) mass is 333 g/mol. The van der Waals surface area contributed by atoms with Gasteiger partial charge in [0.15, 0.2) is 0 Å². The molecule has 25 heavy (non-hydrogen) atoms. The number of amides is 1. The molecule has 1 aliphatic heterocycles. The lowest BCUT2D eigenvalue weighted by atomic mass is 9.99. The molecule has 0 unspecified atom stereocenters. The second-order valence-electron chi connectivity index (χ2n) is 7.03. The summed E-state index contributed by atoms with van der Waals surface area (Å²) in [6.45, 7) is 5.98. The second-order valence-corrected chi connectivity index (χ2v) is 7.03. The predicted octanol–water partition coefficient (Wildman–Crippen LogP) is 4.18. The van der Waals surface area contributed by atoms with E-state index >= 15 is 0 Å². The average molecular weight is 333 g/mol. The molecule has 3 heterocycles. The van der Waals surface area contributed by atoms with E-state index < -0.39 is 0 Å². The maximum atomic E-state index is 12.9. The molecular weight excluding hydrogens is 310 g/mol. The Morgan fingerprint density at radius 3 is 2.52 bits per heavy atom. The van der Waals surface area contributed by atoms with Crippen LogP contribution in [-0.4, -0.2) is 33.3 Å². The molecule has 0 saturated carbocycles. The summed E-state index contributed by atoms with van der Waals surface area (Å²) < 4.78 is 2.05. The molecule has 1 amide bonds. The quantitative estimate of drug-likeness (QED) is 0.705. The van der Waals surface area contributed by atoms with E-state index in [0.29, 0.717) is 5.92 Å². The van der Waals surface area contributed by atoms with E-state index in [2.05, 4.69) is 24.0 Å². The number of aryl methyl sites for hydroxylation is 1. The summed E-state index contributed by atoms with van der Waals surface area (Å²) in [6.07, 6.45) is 4.12. The van der Waals surface area contributed by atoms with E-state index in [0.717, 1.165) is 54.1 Å². The highest BCUT2D eigenvalue weighted by atomic mass is 16.2. The first-order valence-electron chi connectivity index (χ1n) is 8.97. The van der Waals surface area contributed by atoms with Crippen LogP contribution in [0.1, 0.15) is 35.8 Å². The third-order valence-electron chi connectivity index (χ3n) is 5.16. The zero-order valence-corrected chi connectivity index (χ0v) is 14.8. The van der Waals surface area contributed by atoms with Gasteiger partial charge in [-0.3, -0.25) is 9.20 Å². The van der Waals surface area contributed by atoms with Gasteiger partial charge < -0.3 is 4.90 Å². The zero-order chi connectivity index (χ0) is 17.4. The first-order chi connectivity index (χ1) is 12.1. The fourth-order valence-electron chi connectivity index (χ4n) is 3.63. The van der Waals surface area contributed by atoms with Gasteiger partial charge in [-0.15, -0.1) is 0 Å². The molecule has 4 heteroatoms. The summed E-state index contributed by atoms with van der Waals surface area (Å²) in [5.74, 6) is 0.840. The molecule has 0 radical (unpaired) electrons. The third kappa shape index (κ3) is 2.93. The molecule has 1 saturated heterocycles. The van der Waals surface area contributed by atoms with Crippen molar-refractivity contribution >= 4 is 11.6 Å². The van der Waals surface area contributed by atoms with Crippen LogP contribution >= 0.6 is 0 Å². The number of pyridine rings is 1. The van der Waals surface area contributed by atoms with Gasteiger partial charge in [0.05, 0.1) is 17.0 Å². The van der Waals surface area contributed by atoms with Gasteiger partial charge in [-0.2, -0.15) is 0 Å². The molecule has 3 aromatic rings. The van der Waals surface area contributed by atoms with Crippen LogP contribution in [0.25, 0.3) is 16.9 Å². The Labute approximate surface area is 148 Å². The summed E-state index contributed by atoms with van der Waals surface area (Å²) in [4.78, 5) is 19.5. The van der Waals surface area contributed by atoms with Crippen LogP contribution in [0.15, 0.2) is 48.7 Å². The topological polar surface area (TPSA) is 37.6 Å². The molecule has 0 spiro atoms. The lowest BCUT2D eigenvalue weighted by Gasteiger charge is -2.30. The lowest BCUT2D eigenvalue weighted by Crippen LogP contribution is -2.38. The van der Waals surface area contributed by atoms with Gasteiger partial charge in [-0.25, -0.2) is 4.98 Å². The van der Waals surface area contributed by atoms with Gasteiger partial charge in [0, 0.05) is 24.8 Å². The Bertz CT molecular complexity index is 906. The molecule has 4 nitrogen and oxygen atoms in total. The van der Waals surface area contributed by atoms with Gasteiger partial charge >= 0.3 is 0 Å². The Hall–Kier alpha value is -2.62. The number of fused-ring (bicyclic) bond motifs is 1. The van der Waals surface area contributed by atoms with Crippen molar-refractivity contribution in [1.82, 2.24) is 14.3 Å². The number of imidazole rings is 1. The largest absolute Gasteiger partial charge is 0.339 e. The van der Waals surface area contributed by atoms with E-state index in [1.165, 1.54) is 0 Å². The Morgan fingerprint density at radius 1 is 1.08 bits per heavy atom. The fraction of sp³-hybridized carbons (Fsp3) is 0.333. The van der Waals surface area contributed by atoms with Crippen LogP contribution in [0.5, 0.6) is 0 Å². The molecule has 0 bridgehead atoms. The number of likely N-dealkylation sites (tertiary alicyclic amines) is 1. The fourth-order valence-corrected chi connectivity index (χ4v) is 3.63. The first-order valence-corrected chi connectivity index (χ1v) is 8.97. The van der Waals surface area contributed by atoms with Crippen molar-refractivity contribution in [2.75, 3.05) is 13.1 Å². The van der Waals surface area contributed by atoms with Crippen LogP contribution in [0, 0.1) is 12.8 Å². The minimum atomic E-state index is 0.124. The minimum absolute atomic E-state index is 0.124. The van der Waals surface area contributed by atoms with Crippen molar-refractivity contribution < 1.29 is 4.79 Å². The summed E-state index contributed by atoms with van der Waals surface area (Å²) >= 11 is 0. The maximum absolute atomic E-state index is 12.9. The van der Waals surface area contributed by atoms with Crippen molar-refractivity contribution in [3.63, 3.8) is 0 Å². The van der Waals surface area contributed by atoms with Crippen LogP contribution in [0.4, 0.5) is 0 Å². The number of piperidine rings is 1. The van der Waals surface area contributed by atoms with E-state index in [4.69, 9.17) is 0 Å². The molecule has 0 N–H and O–H groups in total. The SMILES string of the molecule is Cc1nc2ccc(C(=O)N3CCC(C)CC3)cn2c1-c1ccccc1. The molecule has 0 atom stereocenters. The molecule has 1 aromatic carbocycles. The van der Waals surface area contributed by atoms with Gasteiger partial charge in [0.1, 0.15) is 5.65 Å². The number of carbonyl (C=O) groups excluding carboxylic acids is 1. The smallest absolute Gasteiger partial charge is 0.255 e. The van der Waals surface area contributed by atoms with E-state index in [-0.39, 0.29) is 5.91 Å². The minimum Gasteiger partial charge on any atom is -0.339 e. The number of hydrogen-bond acceptors (Lipinski definition) is 2. The Morgan fingerprint density at radius 2 is 1.80 bits per heavy atom. The molecule has 1 fully saturated rings. The molecule has 0 aliphatic carbocycles. The number of benzene rings is 1.